The largest absolute Gasteiger partial charge is 0.384 e. The fourth-order valence-electron chi connectivity index (χ4n) is 3.35. The maximum absolute atomic E-state index is 13.3. The maximum atomic E-state index is 13.3. The van der Waals surface area contributed by atoms with Gasteiger partial charge in [-0.3, -0.25) is 10.2 Å². The monoisotopic (exact) mass is 479 g/mol. The van der Waals surface area contributed by atoms with Crippen LogP contribution in [0.2, 0.25) is 0 Å². The normalized spacial score (nSPS) is 11.2. The summed E-state index contributed by atoms with van der Waals surface area (Å²) in [4.78, 5) is 25.9. The van der Waals surface area contributed by atoms with Crippen LogP contribution in [0.5, 0.6) is 0 Å². The summed E-state index contributed by atoms with van der Waals surface area (Å²) in [7, 11) is -4.02. The molecule has 176 valence electrons. The van der Waals surface area contributed by atoms with Gasteiger partial charge in [0.25, 0.3) is 5.91 Å². The molecule has 3 rings (SSSR count). The molecule has 0 bridgehead atoms. The molecular formula is C25H25N3O5S. The SMILES string of the molecule is CC(C)c1ccc(-c2ccccc2C(=O)OS(C)(=O)=O)c(C(=O)Nc2ccc(C(=N)N)cc2)c1. The van der Waals surface area contributed by atoms with Crippen LogP contribution < -0.4 is 11.1 Å². The zero-order valence-electron chi connectivity index (χ0n) is 19.0. The van der Waals surface area contributed by atoms with Crippen LogP contribution in [0, 0.1) is 5.41 Å². The van der Waals surface area contributed by atoms with Gasteiger partial charge < -0.3 is 15.2 Å². The van der Waals surface area contributed by atoms with E-state index in [9.17, 15) is 18.0 Å². The van der Waals surface area contributed by atoms with E-state index in [2.05, 4.69) is 9.50 Å². The van der Waals surface area contributed by atoms with E-state index < -0.39 is 22.0 Å². The predicted octanol–water partition coefficient (Wildman–Crippen LogP) is 4.13. The summed E-state index contributed by atoms with van der Waals surface area (Å²) in [6.07, 6.45) is 0.793. The highest BCUT2D eigenvalue weighted by atomic mass is 32.2. The van der Waals surface area contributed by atoms with Crippen LogP contribution >= 0.6 is 0 Å². The van der Waals surface area contributed by atoms with E-state index in [1.807, 2.05) is 19.9 Å². The summed E-state index contributed by atoms with van der Waals surface area (Å²) in [6, 6.07) is 18.2. The third-order valence-electron chi connectivity index (χ3n) is 5.07. The van der Waals surface area contributed by atoms with E-state index in [4.69, 9.17) is 11.1 Å². The van der Waals surface area contributed by atoms with Gasteiger partial charge >= 0.3 is 16.1 Å². The van der Waals surface area contributed by atoms with Crippen molar-refractivity contribution in [2.24, 2.45) is 5.73 Å². The van der Waals surface area contributed by atoms with Crippen LogP contribution in [0.1, 0.15) is 51.6 Å². The fraction of sp³-hybridized carbons (Fsp3) is 0.160. The Morgan fingerprint density at radius 3 is 2.15 bits per heavy atom. The number of amides is 1. The Labute approximate surface area is 198 Å². The lowest BCUT2D eigenvalue weighted by atomic mass is 9.91. The van der Waals surface area contributed by atoms with Gasteiger partial charge in [0.15, 0.2) is 0 Å². The van der Waals surface area contributed by atoms with Crippen molar-refractivity contribution >= 4 is 33.5 Å². The van der Waals surface area contributed by atoms with Crippen molar-refractivity contribution in [1.82, 2.24) is 0 Å². The lowest BCUT2D eigenvalue weighted by molar-refractivity contribution is 0.0748. The summed E-state index contributed by atoms with van der Waals surface area (Å²) >= 11 is 0. The predicted molar refractivity (Wildman–Crippen MR) is 132 cm³/mol. The van der Waals surface area contributed by atoms with Gasteiger partial charge in [-0.25, -0.2) is 4.79 Å². The lowest BCUT2D eigenvalue weighted by Gasteiger charge is -2.16. The molecule has 0 heterocycles. The molecule has 3 aromatic rings. The third-order valence-corrected chi connectivity index (χ3v) is 5.53. The average molecular weight is 480 g/mol. The number of benzene rings is 3. The average Bonchev–Trinajstić information content (AvgIpc) is 2.77. The molecule has 0 aliphatic heterocycles. The van der Waals surface area contributed by atoms with Gasteiger partial charge in [0, 0.05) is 16.8 Å². The Morgan fingerprint density at radius 1 is 0.941 bits per heavy atom. The molecule has 0 saturated heterocycles. The number of carbonyl (C=O) groups excluding carboxylic acids is 2. The van der Waals surface area contributed by atoms with Crippen molar-refractivity contribution in [3.63, 3.8) is 0 Å². The Balaban J connectivity index is 2.07. The Hall–Kier alpha value is -3.98. The standard InChI is InChI=1S/C25H25N3O5S/c1-15(2)17-10-13-20(19-6-4-5-7-21(19)25(30)33-34(3,31)32)22(14-17)24(29)28-18-11-8-16(9-12-18)23(26)27/h4-15H,1-3H3,(H3,26,27)(H,28,29). The summed E-state index contributed by atoms with van der Waals surface area (Å²) in [6.45, 7) is 3.99. The quantitative estimate of drug-likeness (QED) is 0.264. The molecule has 0 spiro atoms. The zero-order valence-corrected chi connectivity index (χ0v) is 19.8. The molecule has 34 heavy (non-hydrogen) atoms. The maximum Gasteiger partial charge on any atom is 0.354 e. The summed E-state index contributed by atoms with van der Waals surface area (Å²) in [5, 5.41) is 10.3. The van der Waals surface area contributed by atoms with Crippen molar-refractivity contribution in [3.05, 3.63) is 89.0 Å². The number of hydrogen-bond acceptors (Lipinski definition) is 6. The van der Waals surface area contributed by atoms with Gasteiger partial charge in [-0.05, 0) is 59.0 Å². The van der Waals surface area contributed by atoms with Gasteiger partial charge in [-0.1, -0.05) is 44.2 Å². The Morgan fingerprint density at radius 2 is 1.56 bits per heavy atom. The summed E-state index contributed by atoms with van der Waals surface area (Å²) in [5.74, 6) is -1.39. The van der Waals surface area contributed by atoms with Gasteiger partial charge in [-0.15, -0.1) is 0 Å². The molecule has 0 atom stereocenters. The molecule has 4 N–H and O–H groups in total. The van der Waals surface area contributed by atoms with E-state index in [0.29, 0.717) is 27.9 Å². The number of nitrogen functional groups attached to an aromatic ring is 1. The van der Waals surface area contributed by atoms with Crippen LogP contribution in [-0.4, -0.2) is 32.4 Å². The molecule has 0 aliphatic carbocycles. The second-order valence-electron chi connectivity index (χ2n) is 8.03. The van der Waals surface area contributed by atoms with E-state index in [1.165, 1.54) is 6.07 Å². The summed E-state index contributed by atoms with van der Waals surface area (Å²) in [5.41, 5.74) is 8.56. The second kappa shape index (κ2) is 9.88. The highest BCUT2D eigenvalue weighted by Crippen LogP contribution is 2.31. The van der Waals surface area contributed by atoms with Gasteiger partial charge in [0.2, 0.25) is 0 Å². The van der Waals surface area contributed by atoms with E-state index >= 15 is 0 Å². The molecule has 9 heteroatoms. The first kappa shape index (κ1) is 24.7. The lowest BCUT2D eigenvalue weighted by Crippen LogP contribution is -2.16. The molecule has 0 unspecified atom stereocenters. The number of anilines is 1. The van der Waals surface area contributed by atoms with Crippen molar-refractivity contribution in [1.29, 1.82) is 5.41 Å². The molecule has 8 nitrogen and oxygen atoms in total. The number of rotatable bonds is 7. The van der Waals surface area contributed by atoms with E-state index in [1.54, 1.807) is 54.6 Å². The third kappa shape index (κ3) is 5.87. The molecule has 0 saturated carbocycles. The van der Waals surface area contributed by atoms with Crippen LogP contribution in [0.4, 0.5) is 5.69 Å². The minimum absolute atomic E-state index is 0.0186. The molecule has 0 aliphatic rings. The van der Waals surface area contributed by atoms with Crippen molar-refractivity contribution in [2.45, 2.75) is 19.8 Å². The topological polar surface area (TPSA) is 139 Å². The van der Waals surface area contributed by atoms with Crippen molar-refractivity contribution in [2.75, 3.05) is 11.6 Å². The van der Waals surface area contributed by atoms with Crippen molar-refractivity contribution in [3.8, 4) is 11.1 Å². The molecule has 3 aromatic carbocycles. The molecule has 1 amide bonds. The van der Waals surface area contributed by atoms with Gasteiger partial charge in [0.05, 0.1) is 11.8 Å². The molecule has 0 aromatic heterocycles. The number of amidine groups is 1. The number of nitrogens with one attached hydrogen (secondary N) is 2. The second-order valence-corrected chi connectivity index (χ2v) is 9.60. The smallest absolute Gasteiger partial charge is 0.354 e. The minimum Gasteiger partial charge on any atom is -0.384 e. The molecular weight excluding hydrogens is 454 g/mol. The number of carbonyl (C=O) groups is 2. The van der Waals surface area contributed by atoms with Crippen LogP contribution in [0.15, 0.2) is 66.7 Å². The Bertz CT molecular complexity index is 1360. The molecule has 0 radical (unpaired) electrons. The van der Waals surface area contributed by atoms with Crippen LogP contribution in [-0.2, 0) is 14.3 Å². The van der Waals surface area contributed by atoms with E-state index in [0.717, 1.165) is 11.8 Å². The minimum atomic E-state index is -4.02. The number of nitrogens with two attached hydrogens (primary N) is 1. The van der Waals surface area contributed by atoms with Crippen LogP contribution in [0.3, 0.4) is 0 Å². The first-order valence-corrected chi connectivity index (χ1v) is 12.2. The van der Waals surface area contributed by atoms with E-state index in [-0.39, 0.29) is 17.3 Å². The number of hydrogen-bond donors (Lipinski definition) is 3. The van der Waals surface area contributed by atoms with Gasteiger partial charge in [0.1, 0.15) is 5.84 Å². The summed E-state index contributed by atoms with van der Waals surface area (Å²) < 4.78 is 27.6. The first-order valence-electron chi connectivity index (χ1n) is 10.4. The Kier molecular flexibility index (Phi) is 7.17. The fourth-order valence-corrected chi connectivity index (χ4v) is 3.72. The highest BCUT2D eigenvalue weighted by molar-refractivity contribution is 7.86. The highest BCUT2D eigenvalue weighted by Gasteiger charge is 2.22. The first-order chi connectivity index (χ1) is 16.0. The van der Waals surface area contributed by atoms with Gasteiger partial charge in [-0.2, -0.15) is 8.42 Å². The van der Waals surface area contributed by atoms with Crippen molar-refractivity contribution < 1.29 is 22.2 Å². The van der Waals surface area contributed by atoms with Crippen LogP contribution in [0.25, 0.3) is 11.1 Å². The zero-order chi connectivity index (χ0) is 25.0. The molecule has 0 fully saturated rings.